The summed E-state index contributed by atoms with van der Waals surface area (Å²) in [5, 5.41) is 18.1. The molecule has 0 unspecified atom stereocenters. The van der Waals surface area contributed by atoms with Crippen molar-refractivity contribution in [2.45, 2.75) is 63.4 Å². The second-order valence-corrected chi connectivity index (χ2v) is 8.58. The highest BCUT2D eigenvalue weighted by atomic mass is 32.1. The van der Waals surface area contributed by atoms with Gasteiger partial charge in [0.05, 0.1) is 42.2 Å². The van der Waals surface area contributed by atoms with Gasteiger partial charge in [-0.05, 0) is 69.9 Å². The predicted molar refractivity (Wildman–Crippen MR) is 111 cm³/mol. The minimum Gasteiger partial charge on any atom is -0.394 e. The molecule has 2 fully saturated rings. The third-order valence-electron chi connectivity index (χ3n) is 5.87. The Kier molecular flexibility index (Phi) is 6.60. The number of rotatable bonds is 5. The first kappa shape index (κ1) is 23.4. The van der Waals surface area contributed by atoms with Crippen molar-refractivity contribution in [1.82, 2.24) is 4.90 Å². The first-order valence-electron chi connectivity index (χ1n) is 10.0. The van der Waals surface area contributed by atoms with E-state index in [1.807, 2.05) is 4.90 Å². The molecule has 6 nitrogen and oxygen atoms in total. The Balaban J connectivity index is 1.88. The molecule has 1 saturated carbocycles. The number of anilines is 1. The molecule has 1 aromatic carbocycles. The maximum atomic E-state index is 13.4. The number of thiocarbonyl (C=S) groups is 1. The molecule has 168 valence electrons. The summed E-state index contributed by atoms with van der Waals surface area (Å²) in [5.41, 5.74) is -2.63. The van der Waals surface area contributed by atoms with Crippen LogP contribution in [0.4, 0.5) is 18.9 Å². The van der Waals surface area contributed by atoms with Gasteiger partial charge >= 0.3 is 6.18 Å². The molecule has 1 aliphatic heterocycles. The lowest BCUT2D eigenvalue weighted by atomic mass is 9.89. The number of benzene rings is 1. The molecule has 0 atom stereocenters. The van der Waals surface area contributed by atoms with Gasteiger partial charge in [-0.1, -0.05) is 0 Å². The van der Waals surface area contributed by atoms with Gasteiger partial charge in [0.1, 0.15) is 5.54 Å². The highest BCUT2D eigenvalue weighted by Gasteiger charge is 2.52. The van der Waals surface area contributed by atoms with Crippen molar-refractivity contribution < 1.29 is 27.8 Å². The third kappa shape index (κ3) is 4.40. The lowest BCUT2D eigenvalue weighted by molar-refractivity contribution is -0.137. The highest BCUT2D eigenvalue weighted by molar-refractivity contribution is 7.80. The zero-order chi connectivity index (χ0) is 23.0. The van der Waals surface area contributed by atoms with Crippen LogP contribution in [-0.4, -0.2) is 51.9 Å². The lowest BCUT2D eigenvalue weighted by Gasteiger charge is -2.40. The van der Waals surface area contributed by atoms with E-state index in [9.17, 15) is 18.0 Å². The molecule has 0 aromatic heterocycles. The van der Waals surface area contributed by atoms with Crippen molar-refractivity contribution in [3.05, 3.63) is 29.3 Å². The van der Waals surface area contributed by atoms with Crippen LogP contribution in [0.1, 0.15) is 50.7 Å². The van der Waals surface area contributed by atoms with Gasteiger partial charge in [-0.15, -0.1) is 0 Å². The molecule has 1 amide bonds. The minimum absolute atomic E-state index is 0.00290. The van der Waals surface area contributed by atoms with Crippen molar-refractivity contribution in [2.24, 2.45) is 0 Å². The van der Waals surface area contributed by atoms with E-state index in [0.29, 0.717) is 12.8 Å². The molecule has 0 bridgehead atoms. The number of nitriles is 1. The van der Waals surface area contributed by atoms with Gasteiger partial charge in [-0.2, -0.15) is 18.4 Å². The number of aliphatic hydroxyl groups is 1. The van der Waals surface area contributed by atoms with E-state index < -0.39 is 28.7 Å². The fraction of sp³-hybridized carbons (Fsp3) is 0.571. The largest absolute Gasteiger partial charge is 0.417 e. The van der Waals surface area contributed by atoms with Crippen molar-refractivity contribution >= 4 is 28.9 Å². The molecule has 1 heterocycles. The maximum absolute atomic E-state index is 13.4. The first-order chi connectivity index (χ1) is 14.5. The number of carbonyl (C=O) groups excluding carboxylic acids is 1. The first-order valence-corrected chi connectivity index (χ1v) is 10.4. The normalized spacial score (nSPS) is 23.9. The fourth-order valence-electron chi connectivity index (χ4n) is 4.34. The number of nitrogens with zero attached hydrogens (tertiary/aromatic N) is 3. The maximum Gasteiger partial charge on any atom is 0.417 e. The average molecular weight is 456 g/mol. The molecule has 1 N–H and O–H groups in total. The number of amides is 1. The Bertz CT molecular complexity index is 905. The molecule has 1 aromatic rings. The van der Waals surface area contributed by atoms with Gasteiger partial charge in [0.25, 0.3) is 5.91 Å². The summed E-state index contributed by atoms with van der Waals surface area (Å²) < 4.78 is 45.8. The quantitative estimate of drug-likeness (QED) is 0.684. The topological polar surface area (TPSA) is 76.8 Å². The molecule has 1 saturated heterocycles. The van der Waals surface area contributed by atoms with E-state index in [4.69, 9.17) is 27.3 Å². The van der Waals surface area contributed by atoms with Crippen LogP contribution >= 0.6 is 12.2 Å². The van der Waals surface area contributed by atoms with E-state index in [2.05, 4.69) is 0 Å². The second kappa shape index (κ2) is 8.73. The summed E-state index contributed by atoms with van der Waals surface area (Å²) in [5.74, 6) is -0.408. The molecule has 31 heavy (non-hydrogen) atoms. The number of ether oxygens (including phenoxy) is 1. The Labute approximate surface area is 184 Å². The molecule has 10 heteroatoms. The molecule has 3 rings (SSSR count). The van der Waals surface area contributed by atoms with E-state index in [-0.39, 0.29) is 36.2 Å². The number of hydrogen-bond acceptors (Lipinski definition) is 5. The Hall–Kier alpha value is -2.22. The van der Waals surface area contributed by atoms with Crippen molar-refractivity contribution in [3.8, 4) is 6.07 Å². The number of hydrogen-bond donors (Lipinski definition) is 1. The van der Waals surface area contributed by atoms with E-state index in [0.717, 1.165) is 29.9 Å². The monoisotopic (exact) mass is 455 g/mol. The van der Waals surface area contributed by atoms with Crippen LogP contribution in [0.2, 0.25) is 0 Å². The van der Waals surface area contributed by atoms with Crippen molar-refractivity contribution in [3.63, 3.8) is 0 Å². The van der Waals surface area contributed by atoms with Crippen LogP contribution in [0.5, 0.6) is 0 Å². The predicted octanol–water partition coefficient (Wildman–Crippen LogP) is 3.61. The summed E-state index contributed by atoms with van der Waals surface area (Å²) in [6, 6.07) is 4.68. The van der Waals surface area contributed by atoms with E-state index in [1.54, 1.807) is 19.9 Å². The highest BCUT2D eigenvalue weighted by Crippen LogP contribution is 2.40. The molecule has 2 aliphatic rings. The SMILES string of the molecule is CC1(C)C(=O)N(c2ccc(C#N)c(C(F)(F)F)c2)C(=S)N1C1CCC(OCCO)CC1. The van der Waals surface area contributed by atoms with Gasteiger partial charge in [-0.3, -0.25) is 9.69 Å². The number of aliphatic hydroxyl groups excluding tert-OH is 1. The van der Waals surface area contributed by atoms with Gasteiger partial charge < -0.3 is 14.7 Å². The molecular weight excluding hydrogens is 431 g/mol. The lowest BCUT2D eigenvalue weighted by Crippen LogP contribution is -2.51. The van der Waals surface area contributed by atoms with Gasteiger partial charge in [0.15, 0.2) is 5.11 Å². The molecular formula is C21H24F3N3O3S. The summed E-state index contributed by atoms with van der Waals surface area (Å²) in [6.07, 6.45) is -1.80. The summed E-state index contributed by atoms with van der Waals surface area (Å²) >= 11 is 5.57. The second-order valence-electron chi connectivity index (χ2n) is 8.22. The zero-order valence-electron chi connectivity index (χ0n) is 17.3. The van der Waals surface area contributed by atoms with E-state index >= 15 is 0 Å². The summed E-state index contributed by atoms with van der Waals surface area (Å²) in [4.78, 5) is 16.2. The van der Waals surface area contributed by atoms with Crippen LogP contribution in [0.3, 0.4) is 0 Å². The minimum atomic E-state index is -4.73. The smallest absolute Gasteiger partial charge is 0.394 e. The average Bonchev–Trinajstić information content (AvgIpc) is 2.90. The van der Waals surface area contributed by atoms with Crippen LogP contribution in [-0.2, 0) is 15.7 Å². The van der Waals surface area contributed by atoms with Crippen LogP contribution in [0.25, 0.3) is 0 Å². The summed E-state index contributed by atoms with van der Waals surface area (Å²) in [7, 11) is 0. The molecule has 1 aliphatic carbocycles. The number of halogens is 3. The number of alkyl halides is 3. The molecule has 0 radical (unpaired) electrons. The Morgan fingerprint density at radius 3 is 2.48 bits per heavy atom. The zero-order valence-corrected chi connectivity index (χ0v) is 18.1. The Morgan fingerprint density at radius 1 is 1.29 bits per heavy atom. The van der Waals surface area contributed by atoms with Crippen LogP contribution < -0.4 is 4.90 Å². The Morgan fingerprint density at radius 2 is 1.94 bits per heavy atom. The van der Waals surface area contributed by atoms with Gasteiger partial charge in [0, 0.05) is 6.04 Å². The van der Waals surface area contributed by atoms with Crippen LogP contribution in [0, 0.1) is 11.3 Å². The standard InChI is InChI=1S/C21H24F3N3O3S/c1-20(2)18(29)26(15-4-3-13(12-25)17(11-15)21(22,23)24)19(31)27(20)14-5-7-16(8-6-14)30-10-9-28/h3-4,11,14,16,28H,5-10H2,1-2H3. The van der Waals surface area contributed by atoms with E-state index in [1.165, 1.54) is 6.07 Å². The van der Waals surface area contributed by atoms with Crippen molar-refractivity contribution in [1.29, 1.82) is 5.26 Å². The third-order valence-corrected chi connectivity index (χ3v) is 6.25. The van der Waals surface area contributed by atoms with Gasteiger partial charge in [-0.25, -0.2) is 0 Å². The number of carbonyl (C=O) groups is 1. The van der Waals surface area contributed by atoms with Crippen LogP contribution in [0.15, 0.2) is 18.2 Å². The summed E-state index contributed by atoms with van der Waals surface area (Å²) in [6.45, 7) is 3.65. The molecule has 0 spiro atoms. The van der Waals surface area contributed by atoms with Gasteiger partial charge in [0.2, 0.25) is 0 Å². The fourth-order valence-corrected chi connectivity index (χ4v) is 4.91. The van der Waals surface area contributed by atoms with Crippen molar-refractivity contribution in [2.75, 3.05) is 18.1 Å².